The van der Waals surface area contributed by atoms with E-state index in [1.807, 2.05) is 6.92 Å². The van der Waals surface area contributed by atoms with E-state index in [4.69, 9.17) is 0 Å². The summed E-state index contributed by atoms with van der Waals surface area (Å²) < 4.78 is 0. The second-order valence-electron chi connectivity index (χ2n) is 1.46. The van der Waals surface area contributed by atoms with Gasteiger partial charge in [-0.2, -0.15) is 4.79 Å². The average molecular weight is 112 g/mol. The molecule has 0 aliphatic heterocycles. The normalized spacial score (nSPS) is 9.25. The Morgan fingerprint density at radius 2 is 2.50 bits per heavy atom. The van der Waals surface area contributed by atoms with Crippen LogP contribution in [0.4, 0.5) is 0 Å². The van der Waals surface area contributed by atoms with Crippen LogP contribution in [0.2, 0.25) is 0 Å². The molecule has 0 aliphatic rings. The highest BCUT2D eigenvalue weighted by molar-refractivity contribution is 4.76. The van der Waals surface area contributed by atoms with Crippen LogP contribution in [0.25, 0.3) is 0 Å². The molecule has 0 saturated heterocycles. The summed E-state index contributed by atoms with van der Waals surface area (Å²) in [6.45, 7) is 1.84. The molecule has 4 heteroatoms. The van der Waals surface area contributed by atoms with Crippen molar-refractivity contribution >= 4 is 0 Å². The highest BCUT2D eigenvalue weighted by Gasteiger charge is 1.87. The Morgan fingerprint density at radius 1 is 1.75 bits per heavy atom. The third-order valence-electron chi connectivity index (χ3n) is 0.836. The van der Waals surface area contributed by atoms with Crippen LogP contribution in [0.1, 0.15) is 5.82 Å². The Kier molecular flexibility index (Phi) is 1.15. The van der Waals surface area contributed by atoms with E-state index in [2.05, 4.69) is 15.5 Å². The molecule has 4 nitrogen and oxygen atoms in total. The zero-order valence-electron chi connectivity index (χ0n) is 4.92. The van der Waals surface area contributed by atoms with Crippen molar-refractivity contribution in [2.24, 2.45) is 0 Å². The third-order valence-corrected chi connectivity index (χ3v) is 0.836. The van der Waals surface area contributed by atoms with E-state index in [0.29, 0.717) is 0 Å². The highest BCUT2D eigenvalue weighted by atomic mass is 15.6. The standard InChI is InChI=1S/C4H8N4/c1-4-6-3-8(5-2)7-4/h3,5H,1-2H3. The molecular formula is C4H8N4. The summed E-state index contributed by atoms with van der Waals surface area (Å²) in [4.78, 5) is 5.43. The van der Waals surface area contributed by atoms with Crippen molar-refractivity contribution in [2.75, 3.05) is 12.5 Å². The van der Waals surface area contributed by atoms with Crippen molar-refractivity contribution in [2.45, 2.75) is 6.92 Å². The quantitative estimate of drug-likeness (QED) is 0.545. The van der Waals surface area contributed by atoms with E-state index in [9.17, 15) is 0 Å². The molecule has 0 saturated carbocycles. The summed E-state index contributed by atoms with van der Waals surface area (Å²) >= 11 is 0. The molecule has 44 valence electrons. The van der Waals surface area contributed by atoms with Crippen LogP contribution in [0.3, 0.4) is 0 Å². The molecule has 1 aromatic heterocycles. The number of aryl methyl sites for hydroxylation is 1. The van der Waals surface area contributed by atoms with Crippen LogP contribution in [0.15, 0.2) is 6.33 Å². The summed E-state index contributed by atoms with van der Waals surface area (Å²) in [6.07, 6.45) is 1.62. The van der Waals surface area contributed by atoms with Gasteiger partial charge in [0.1, 0.15) is 12.2 Å². The first-order chi connectivity index (χ1) is 3.83. The predicted octanol–water partition coefficient (Wildman–Crippen LogP) is -0.240. The van der Waals surface area contributed by atoms with Gasteiger partial charge in [0.05, 0.1) is 0 Å². The lowest BCUT2D eigenvalue weighted by molar-refractivity contribution is 0.770. The smallest absolute Gasteiger partial charge is 0.149 e. The van der Waals surface area contributed by atoms with Crippen molar-refractivity contribution in [1.29, 1.82) is 0 Å². The lowest BCUT2D eigenvalue weighted by atomic mass is 10.8. The van der Waals surface area contributed by atoms with Gasteiger partial charge in [-0.25, -0.2) is 4.98 Å². The van der Waals surface area contributed by atoms with Crippen molar-refractivity contribution < 1.29 is 0 Å². The largest absolute Gasteiger partial charge is 0.312 e. The van der Waals surface area contributed by atoms with Crippen molar-refractivity contribution in [1.82, 2.24) is 14.9 Å². The van der Waals surface area contributed by atoms with Gasteiger partial charge in [-0.1, -0.05) is 0 Å². The van der Waals surface area contributed by atoms with E-state index >= 15 is 0 Å². The van der Waals surface area contributed by atoms with E-state index < -0.39 is 0 Å². The number of nitrogens with one attached hydrogen (secondary N) is 1. The topological polar surface area (TPSA) is 42.7 Å². The molecule has 1 rings (SSSR count). The van der Waals surface area contributed by atoms with Crippen LogP contribution in [-0.2, 0) is 0 Å². The maximum absolute atomic E-state index is 3.92. The summed E-state index contributed by atoms with van der Waals surface area (Å²) in [6, 6.07) is 0. The van der Waals surface area contributed by atoms with Gasteiger partial charge < -0.3 is 5.43 Å². The summed E-state index contributed by atoms with van der Waals surface area (Å²) in [5.74, 6) is 0.777. The molecule has 0 fully saturated rings. The van der Waals surface area contributed by atoms with Crippen LogP contribution in [-0.4, -0.2) is 21.9 Å². The van der Waals surface area contributed by atoms with Gasteiger partial charge in [0.15, 0.2) is 0 Å². The molecule has 0 unspecified atom stereocenters. The van der Waals surface area contributed by atoms with Crippen LogP contribution in [0, 0.1) is 6.92 Å². The molecule has 0 aliphatic carbocycles. The van der Waals surface area contributed by atoms with Gasteiger partial charge in [0, 0.05) is 7.05 Å². The summed E-state index contributed by atoms with van der Waals surface area (Å²) in [5, 5.41) is 3.92. The summed E-state index contributed by atoms with van der Waals surface area (Å²) in [5.41, 5.74) is 2.79. The van der Waals surface area contributed by atoms with E-state index in [1.165, 1.54) is 0 Å². The first kappa shape index (κ1) is 5.08. The van der Waals surface area contributed by atoms with Crippen molar-refractivity contribution in [3.05, 3.63) is 12.2 Å². The Hall–Kier alpha value is -1.06. The molecule has 8 heavy (non-hydrogen) atoms. The van der Waals surface area contributed by atoms with Crippen molar-refractivity contribution in [3.63, 3.8) is 0 Å². The second kappa shape index (κ2) is 1.81. The van der Waals surface area contributed by atoms with Gasteiger partial charge in [-0.15, -0.1) is 5.10 Å². The lowest BCUT2D eigenvalue weighted by Gasteiger charge is -1.91. The molecule has 1 aromatic rings. The summed E-state index contributed by atoms with van der Waals surface area (Å²) in [7, 11) is 1.79. The van der Waals surface area contributed by atoms with Gasteiger partial charge in [0.25, 0.3) is 0 Å². The van der Waals surface area contributed by atoms with Crippen LogP contribution < -0.4 is 5.43 Å². The fourth-order valence-electron chi connectivity index (χ4n) is 0.454. The minimum Gasteiger partial charge on any atom is -0.312 e. The van der Waals surface area contributed by atoms with Gasteiger partial charge >= 0.3 is 0 Å². The molecule has 0 aromatic carbocycles. The Bertz CT molecular complexity index is 168. The minimum absolute atomic E-state index is 0.777. The highest BCUT2D eigenvalue weighted by Crippen LogP contribution is 1.79. The number of hydrogen-bond acceptors (Lipinski definition) is 3. The number of aromatic nitrogens is 3. The lowest BCUT2D eigenvalue weighted by Crippen LogP contribution is -2.08. The maximum Gasteiger partial charge on any atom is 0.149 e. The zero-order valence-corrected chi connectivity index (χ0v) is 4.92. The first-order valence-electron chi connectivity index (χ1n) is 2.39. The molecule has 0 bridgehead atoms. The SMILES string of the molecule is CNn1cnc(C)n1. The molecule has 0 amide bonds. The Labute approximate surface area is 47.5 Å². The monoisotopic (exact) mass is 112 g/mol. The first-order valence-corrected chi connectivity index (χ1v) is 2.39. The fourth-order valence-corrected chi connectivity index (χ4v) is 0.454. The Balaban J connectivity index is 2.84. The fraction of sp³-hybridized carbons (Fsp3) is 0.500. The van der Waals surface area contributed by atoms with Crippen LogP contribution >= 0.6 is 0 Å². The van der Waals surface area contributed by atoms with E-state index in [-0.39, 0.29) is 0 Å². The Morgan fingerprint density at radius 3 is 2.75 bits per heavy atom. The molecule has 1 N–H and O–H groups in total. The van der Waals surface area contributed by atoms with Gasteiger partial charge in [0.2, 0.25) is 0 Å². The molecule has 0 radical (unpaired) electrons. The third kappa shape index (κ3) is 0.776. The van der Waals surface area contributed by atoms with E-state index in [1.54, 1.807) is 18.2 Å². The molecule has 1 heterocycles. The minimum atomic E-state index is 0.777. The van der Waals surface area contributed by atoms with Crippen molar-refractivity contribution in [3.8, 4) is 0 Å². The predicted molar refractivity (Wildman–Crippen MR) is 30.0 cm³/mol. The van der Waals surface area contributed by atoms with E-state index in [0.717, 1.165) is 5.82 Å². The average Bonchev–Trinajstić information content (AvgIpc) is 2.14. The van der Waals surface area contributed by atoms with Crippen LogP contribution in [0.5, 0.6) is 0 Å². The van der Waals surface area contributed by atoms with Gasteiger partial charge in [-0.05, 0) is 6.92 Å². The number of hydrogen-bond donors (Lipinski definition) is 1. The van der Waals surface area contributed by atoms with Gasteiger partial charge in [-0.3, -0.25) is 0 Å². The number of nitrogens with zero attached hydrogens (tertiary/aromatic N) is 3. The maximum atomic E-state index is 3.92. The zero-order chi connectivity index (χ0) is 5.98. The molecular weight excluding hydrogens is 104 g/mol. The number of rotatable bonds is 1. The molecule has 0 atom stereocenters. The molecule has 0 spiro atoms. The second-order valence-corrected chi connectivity index (χ2v) is 1.46.